The van der Waals surface area contributed by atoms with Crippen molar-refractivity contribution >= 4 is 23.5 Å². The quantitative estimate of drug-likeness (QED) is 0.456. The molecule has 0 atom stereocenters. The number of nitrogens with two attached hydrogens (primary N) is 1. The second-order valence-electron chi connectivity index (χ2n) is 6.38. The SMILES string of the molecule is CCCCOc1nc(N)c2[nH]c(=O)n(CCCN3CCCC3)c2n1.O=CO. The van der Waals surface area contributed by atoms with Gasteiger partial charge in [0.1, 0.15) is 5.52 Å². The lowest BCUT2D eigenvalue weighted by Gasteiger charge is -2.14. The number of aryl methyl sites for hydroxylation is 1. The molecular formula is C17H28N6O4. The van der Waals surface area contributed by atoms with Gasteiger partial charge < -0.3 is 25.5 Å². The minimum atomic E-state index is -0.250. The van der Waals surface area contributed by atoms with E-state index in [1.165, 1.54) is 12.8 Å². The third-order valence-electron chi connectivity index (χ3n) is 4.41. The number of hydrogen-bond donors (Lipinski definition) is 3. The summed E-state index contributed by atoms with van der Waals surface area (Å²) in [6.45, 7) is 6.32. The Kier molecular flexibility index (Phi) is 8.05. The number of nitrogens with one attached hydrogen (secondary N) is 1. The van der Waals surface area contributed by atoms with Gasteiger partial charge in [-0.1, -0.05) is 13.3 Å². The number of nitrogens with zero attached hydrogens (tertiary/aromatic N) is 4. The first kappa shape index (κ1) is 20.7. The molecule has 3 rings (SSSR count). The molecule has 3 heterocycles. The van der Waals surface area contributed by atoms with Gasteiger partial charge >= 0.3 is 11.7 Å². The van der Waals surface area contributed by atoms with E-state index in [1.807, 2.05) is 0 Å². The zero-order valence-electron chi connectivity index (χ0n) is 15.7. The Labute approximate surface area is 157 Å². The lowest BCUT2D eigenvalue weighted by molar-refractivity contribution is -0.122. The van der Waals surface area contributed by atoms with Gasteiger partial charge in [0.15, 0.2) is 11.5 Å². The van der Waals surface area contributed by atoms with E-state index >= 15 is 0 Å². The molecular weight excluding hydrogens is 352 g/mol. The topological polar surface area (TPSA) is 139 Å². The van der Waals surface area contributed by atoms with Crippen molar-refractivity contribution in [2.75, 3.05) is 32.0 Å². The second kappa shape index (κ2) is 10.5. The maximum Gasteiger partial charge on any atom is 0.327 e. The van der Waals surface area contributed by atoms with Crippen molar-refractivity contribution in [2.24, 2.45) is 0 Å². The van der Waals surface area contributed by atoms with Crippen molar-refractivity contribution in [3.05, 3.63) is 10.5 Å². The molecule has 0 aromatic carbocycles. The van der Waals surface area contributed by atoms with E-state index in [-0.39, 0.29) is 24.0 Å². The highest BCUT2D eigenvalue weighted by molar-refractivity contribution is 5.81. The summed E-state index contributed by atoms with van der Waals surface area (Å²) in [4.78, 5) is 34.3. The van der Waals surface area contributed by atoms with Crippen LogP contribution in [0.25, 0.3) is 11.2 Å². The third kappa shape index (κ3) is 5.68. The largest absolute Gasteiger partial charge is 0.483 e. The number of anilines is 1. The van der Waals surface area contributed by atoms with Crippen LogP contribution < -0.4 is 16.2 Å². The normalized spacial score (nSPS) is 14.1. The summed E-state index contributed by atoms with van der Waals surface area (Å²) in [6, 6.07) is 0.237. The maximum absolute atomic E-state index is 12.2. The number of carbonyl (C=O) groups is 1. The van der Waals surface area contributed by atoms with Crippen LogP contribution in [0.2, 0.25) is 0 Å². The van der Waals surface area contributed by atoms with Gasteiger partial charge in [0.25, 0.3) is 6.47 Å². The van der Waals surface area contributed by atoms with Gasteiger partial charge in [0.2, 0.25) is 0 Å². The van der Waals surface area contributed by atoms with Crippen molar-refractivity contribution in [3.63, 3.8) is 0 Å². The first-order valence-electron chi connectivity index (χ1n) is 9.29. The van der Waals surface area contributed by atoms with E-state index in [1.54, 1.807) is 4.57 Å². The molecule has 10 heteroatoms. The number of aromatic amines is 1. The number of ether oxygens (including phenoxy) is 1. The summed E-state index contributed by atoms with van der Waals surface area (Å²) in [5.74, 6) is 0.252. The van der Waals surface area contributed by atoms with Gasteiger partial charge in [-0.3, -0.25) is 9.36 Å². The number of likely N-dealkylation sites (tertiary alicyclic amines) is 1. The monoisotopic (exact) mass is 380 g/mol. The van der Waals surface area contributed by atoms with Gasteiger partial charge in [-0.25, -0.2) is 4.79 Å². The van der Waals surface area contributed by atoms with Crippen LogP contribution in [0.5, 0.6) is 6.01 Å². The summed E-state index contributed by atoms with van der Waals surface area (Å²) in [7, 11) is 0. The molecule has 1 aliphatic rings. The van der Waals surface area contributed by atoms with Gasteiger partial charge in [0, 0.05) is 6.54 Å². The van der Waals surface area contributed by atoms with Crippen LogP contribution in [0.3, 0.4) is 0 Å². The predicted octanol–water partition coefficient (Wildman–Crippen LogP) is 1.07. The molecule has 0 saturated carbocycles. The fourth-order valence-corrected chi connectivity index (χ4v) is 3.07. The highest BCUT2D eigenvalue weighted by Crippen LogP contribution is 2.18. The van der Waals surface area contributed by atoms with Gasteiger partial charge in [-0.2, -0.15) is 9.97 Å². The van der Waals surface area contributed by atoms with Gasteiger partial charge in [0.05, 0.1) is 6.61 Å². The molecule has 2 aromatic rings. The molecule has 10 nitrogen and oxygen atoms in total. The number of hydrogen-bond acceptors (Lipinski definition) is 7. The second-order valence-corrected chi connectivity index (χ2v) is 6.38. The molecule has 0 bridgehead atoms. The lowest BCUT2D eigenvalue weighted by atomic mass is 10.4. The fraction of sp³-hybridized carbons (Fsp3) is 0.647. The standard InChI is InChI=1S/C16H26N6O2.CH2O2/c1-2-3-11-24-15-19-13(17)12-14(20-15)22(16(23)18-12)10-6-9-21-7-4-5-8-21;2-1-3/h2-11H2,1H3,(H,18,23)(H2,17,19,20);1H,(H,2,3). The van der Waals surface area contributed by atoms with Gasteiger partial charge in [-0.15, -0.1) is 0 Å². The number of carboxylic acid groups (broad SMARTS) is 1. The molecule has 0 spiro atoms. The number of imidazole rings is 1. The highest BCUT2D eigenvalue weighted by atomic mass is 16.5. The van der Waals surface area contributed by atoms with E-state index < -0.39 is 0 Å². The Morgan fingerprint density at radius 3 is 2.63 bits per heavy atom. The van der Waals surface area contributed by atoms with E-state index in [9.17, 15) is 4.79 Å². The van der Waals surface area contributed by atoms with E-state index in [4.69, 9.17) is 20.4 Å². The fourth-order valence-electron chi connectivity index (χ4n) is 3.07. The summed E-state index contributed by atoms with van der Waals surface area (Å²) < 4.78 is 7.18. The molecule has 0 radical (unpaired) electrons. The van der Waals surface area contributed by atoms with Crippen LogP contribution in [-0.4, -0.2) is 62.2 Å². The zero-order valence-corrected chi connectivity index (χ0v) is 15.7. The average Bonchev–Trinajstić information content (AvgIpc) is 3.25. The lowest BCUT2D eigenvalue weighted by Crippen LogP contribution is -2.24. The van der Waals surface area contributed by atoms with E-state index in [0.29, 0.717) is 24.3 Å². The first-order chi connectivity index (χ1) is 13.1. The predicted molar refractivity (Wildman–Crippen MR) is 102 cm³/mol. The van der Waals surface area contributed by atoms with Crippen LogP contribution in [0.4, 0.5) is 5.82 Å². The number of rotatable bonds is 8. The number of fused-ring (bicyclic) bond motifs is 1. The van der Waals surface area contributed by atoms with Crippen LogP contribution in [-0.2, 0) is 11.3 Å². The minimum Gasteiger partial charge on any atom is -0.483 e. The number of nitrogen functional groups attached to an aromatic ring is 1. The molecule has 4 N–H and O–H groups in total. The molecule has 150 valence electrons. The summed E-state index contributed by atoms with van der Waals surface area (Å²) in [5, 5.41) is 6.89. The summed E-state index contributed by atoms with van der Waals surface area (Å²) in [5.41, 5.74) is 6.77. The van der Waals surface area contributed by atoms with E-state index in [0.717, 1.165) is 38.9 Å². The third-order valence-corrected chi connectivity index (χ3v) is 4.41. The minimum absolute atomic E-state index is 0.196. The number of aromatic nitrogens is 4. The molecule has 0 amide bonds. The van der Waals surface area contributed by atoms with Crippen LogP contribution in [0.1, 0.15) is 39.0 Å². The van der Waals surface area contributed by atoms with Crippen LogP contribution in [0, 0.1) is 0 Å². The Bertz CT molecular complexity index is 782. The Balaban J connectivity index is 0.000000817. The van der Waals surface area contributed by atoms with Gasteiger partial charge in [-0.05, 0) is 45.3 Å². The molecule has 2 aromatic heterocycles. The van der Waals surface area contributed by atoms with Crippen molar-refractivity contribution < 1.29 is 14.6 Å². The molecule has 27 heavy (non-hydrogen) atoms. The van der Waals surface area contributed by atoms with Crippen molar-refractivity contribution in [1.82, 2.24) is 24.4 Å². The zero-order chi connectivity index (χ0) is 19.6. The maximum atomic E-state index is 12.2. The molecule has 0 aliphatic carbocycles. The Morgan fingerprint density at radius 2 is 1.96 bits per heavy atom. The van der Waals surface area contributed by atoms with E-state index in [2.05, 4.69) is 26.8 Å². The Morgan fingerprint density at radius 1 is 1.26 bits per heavy atom. The number of H-pyrrole nitrogens is 1. The number of unbranched alkanes of at least 4 members (excludes halogenated alkanes) is 1. The molecule has 0 unspecified atom stereocenters. The molecule has 1 aliphatic heterocycles. The van der Waals surface area contributed by atoms with Crippen molar-refractivity contribution in [2.45, 2.75) is 45.6 Å². The van der Waals surface area contributed by atoms with Crippen molar-refractivity contribution in [3.8, 4) is 6.01 Å². The highest BCUT2D eigenvalue weighted by Gasteiger charge is 2.15. The smallest absolute Gasteiger partial charge is 0.327 e. The summed E-state index contributed by atoms with van der Waals surface area (Å²) in [6.07, 6.45) is 5.41. The van der Waals surface area contributed by atoms with Crippen molar-refractivity contribution in [1.29, 1.82) is 0 Å². The molecule has 1 saturated heterocycles. The first-order valence-corrected chi connectivity index (χ1v) is 9.29. The average molecular weight is 380 g/mol. The molecule has 1 fully saturated rings. The summed E-state index contributed by atoms with van der Waals surface area (Å²) >= 11 is 0. The Hall–Kier alpha value is -2.62. The van der Waals surface area contributed by atoms with Crippen LogP contribution >= 0.6 is 0 Å². The van der Waals surface area contributed by atoms with Crippen LogP contribution in [0.15, 0.2) is 4.79 Å².